The number of thioether (sulfide) groups is 1. The predicted octanol–water partition coefficient (Wildman–Crippen LogP) is 0.486. The molecule has 1 saturated carbocycles. The van der Waals surface area contributed by atoms with E-state index in [1.54, 1.807) is 11.8 Å². The monoisotopic (exact) mass is 246 g/mol. The molecule has 0 saturated heterocycles. The van der Waals surface area contributed by atoms with Crippen molar-refractivity contribution in [3.8, 4) is 0 Å². The number of rotatable bonds is 5. The minimum absolute atomic E-state index is 0.0958. The summed E-state index contributed by atoms with van der Waals surface area (Å²) >= 11 is 1.68. The highest BCUT2D eigenvalue weighted by molar-refractivity contribution is 7.98. The van der Waals surface area contributed by atoms with Crippen LogP contribution in [0.4, 0.5) is 0 Å². The van der Waals surface area contributed by atoms with Gasteiger partial charge in [0.15, 0.2) is 0 Å². The maximum atomic E-state index is 11.7. The summed E-state index contributed by atoms with van der Waals surface area (Å²) in [5.74, 6) is 0.766. The predicted molar refractivity (Wildman–Crippen MR) is 67.4 cm³/mol. The van der Waals surface area contributed by atoms with Crippen molar-refractivity contribution >= 4 is 17.7 Å². The van der Waals surface area contributed by atoms with Crippen LogP contribution in [0.1, 0.15) is 32.1 Å². The quantitative estimate of drug-likeness (QED) is 0.660. The lowest BCUT2D eigenvalue weighted by atomic mass is 9.92. The third-order valence-corrected chi connectivity index (χ3v) is 3.67. The van der Waals surface area contributed by atoms with Gasteiger partial charge in [-0.1, -0.05) is 12.8 Å². The minimum Gasteiger partial charge on any atom is -0.391 e. The molecule has 0 aliphatic heterocycles. The molecule has 0 aromatic heterocycles. The van der Waals surface area contributed by atoms with E-state index in [-0.39, 0.29) is 11.9 Å². The molecule has 5 heteroatoms. The summed E-state index contributed by atoms with van der Waals surface area (Å²) in [5, 5.41) is 12.6. The summed E-state index contributed by atoms with van der Waals surface area (Å²) in [4.78, 5) is 11.7. The Kier molecular flexibility index (Phi) is 6.16. The largest absolute Gasteiger partial charge is 0.391 e. The fourth-order valence-electron chi connectivity index (χ4n) is 1.95. The molecule has 0 aromatic carbocycles. The summed E-state index contributed by atoms with van der Waals surface area (Å²) in [6, 6.07) is -0.539. The van der Waals surface area contributed by atoms with E-state index >= 15 is 0 Å². The van der Waals surface area contributed by atoms with Gasteiger partial charge in [0.05, 0.1) is 18.2 Å². The van der Waals surface area contributed by atoms with Gasteiger partial charge in [-0.25, -0.2) is 0 Å². The first-order valence-electron chi connectivity index (χ1n) is 5.88. The second-order valence-corrected chi connectivity index (χ2v) is 5.34. The standard InChI is InChI=1S/C11H22N2O2S/c1-16-7-6-8(12)11(15)13-9-4-2-3-5-10(9)14/h8-10,14H,2-7,12H2,1H3,(H,13,15)/t8-,9?,10?/m0/s1. The molecule has 1 amide bonds. The fourth-order valence-corrected chi connectivity index (χ4v) is 2.43. The van der Waals surface area contributed by atoms with Gasteiger partial charge >= 0.3 is 0 Å². The third-order valence-electron chi connectivity index (χ3n) is 3.03. The van der Waals surface area contributed by atoms with Crippen LogP contribution in [-0.4, -0.2) is 41.2 Å². The lowest BCUT2D eigenvalue weighted by molar-refractivity contribution is -0.124. The van der Waals surface area contributed by atoms with Gasteiger partial charge in [-0.3, -0.25) is 4.79 Å². The molecule has 1 aliphatic rings. The Bertz CT molecular complexity index is 226. The van der Waals surface area contributed by atoms with E-state index in [9.17, 15) is 9.90 Å². The molecule has 0 aromatic rings. The van der Waals surface area contributed by atoms with Gasteiger partial charge < -0.3 is 16.2 Å². The Hall–Kier alpha value is -0.260. The van der Waals surface area contributed by atoms with E-state index in [4.69, 9.17) is 5.73 Å². The van der Waals surface area contributed by atoms with Crippen LogP contribution in [0.5, 0.6) is 0 Å². The Morgan fingerprint density at radius 3 is 2.88 bits per heavy atom. The molecule has 4 N–H and O–H groups in total. The molecule has 1 rings (SSSR count). The van der Waals surface area contributed by atoms with Crippen molar-refractivity contribution in [2.45, 2.75) is 50.3 Å². The summed E-state index contributed by atoms with van der Waals surface area (Å²) < 4.78 is 0. The molecule has 4 nitrogen and oxygen atoms in total. The number of nitrogens with one attached hydrogen (secondary N) is 1. The van der Waals surface area contributed by atoms with E-state index < -0.39 is 12.1 Å². The average molecular weight is 246 g/mol. The summed E-state index contributed by atoms with van der Waals surface area (Å²) in [5.41, 5.74) is 5.76. The van der Waals surface area contributed by atoms with Gasteiger partial charge in [0.1, 0.15) is 0 Å². The molecule has 94 valence electrons. The molecule has 0 bridgehead atoms. The first-order chi connectivity index (χ1) is 7.65. The molecule has 2 unspecified atom stereocenters. The molecule has 1 fully saturated rings. The van der Waals surface area contributed by atoms with Crippen molar-refractivity contribution in [2.75, 3.05) is 12.0 Å². The smallest absolute Gasteiger partial charge is 0.237 e. The zero-order chi connectivity index (χ0) is 12.0. The highest BCUT2D eigenvalue weighted by Crippen LogP contribution is 2.18. The first kappa shape index (κ1) is 13.8. The molecule has 0 radical (unpaired) electrons. The molecule has 0 spiro atoms. The van der Waals surface area contributed by atoms with Crippen LogP contribution in [0.25, 0.3) is 0 Å². The number of hydrogen-bond donors (Lipinski definition) is 3. The van der Waals surface area contributed by atoms with Gasteiger partial charge in [-0.15, -0.1) is 0 Å². The van der Waals surface area contributed by atoms with Gasteiger partial charge in [0.25, 0.3) is 0 Å². The minimum atomic E-state index is -0.443. The topological polar surface area (TPSA) is 75.4 Å². The normalized spacial score (nSPS) is 27.4. The maximum absolute atomic E-state index is 11.7. The zero-order valence-corrected chi connectivity index (χ0v) is 10.6. The number of hydrogen-bond acceptors (Lipinski definition) is 4. The fraction of sp³-hybridized carbons (Fsp3) is 0.909. The van der Waals surface area contributed by atoms with Crippen LogP contribution in [0.3, 0.4) is 0 Å². The molecule has 16 heavy (non-hydrogen) atoms. The summed E-state index contributed by atoms with van der Waals surface area (Å²) in [7, 11) is 0. The van der Waals surface area contributed by atoms with Crippen LogP contribution in [0, 0.1) is 0 Å². The van der Waals surface area contributed by atoms with Crippen molar-refractivity contribution in [1.29, 1.82) is 0 Å². The molecule has 1 aliphatic carbocycles. The highest BCUT2D eigenvalue weighted by atomic mass is 32.2. The third kappa shape index (κ3) is 4.31. The van der Waals surface area contributed by atoms with Gasteiger partial charge in [0, 0.05) is 0 Å². The van der Waals surface area contributed by atoms with Crippen molar-refractivity contribution in [2.24, 2.45) is 5.73 Å². The van der Waals surface area contributed by atoms with E-state index in [1.807, 2.05) is 6.26 Å². The number of carbonyl (C=O) groups excluding carboxylic acids is 1. The molecular formula is C11H22N2O2S. The Labute approximate surface area is 101 Å². The Morgan fingerprint density at radius 1 is 1.56 bits per heavy atom. The Morgan fingerprint density at radius 2 is 2.25 bits per heavy atom. The second kappa shape index (κ2) is 7.14. The number of carbonyl (C=O) groups is 1. The maximum Gasteiger partial charge on any atom is 0.237 e. The first-order valence-corrected chi connectivity index (χ1v) is 7.27. The van der Waals surface area contributed by atoms with E-state index in [0.29, 0.717) is 6.42 Å². The van der Waals surface area contributed by atoms with E-state index in [0.717, 1.165) is 31.4 Å². The van der Waals surface area contributed by atoms with Crippen molar-refractivity contribution in [3.05, 3.63) is 0 Å². The van der Waals surface area contributed by atoms with E-state index in [2.05, 4.69) is 5.32 Å². The van der Waals surface area contributed by atoms with Crippen LogP contribution >= 0.6 is 11.8 Å². The molecule has 0 heterocycles. The summed E-state index contributed by atoms with van der Waals surface area (Å²) in [6.45, 7) is 0. The lowest BCUT2D eigenvalue weighted by Gasteiger charge is -2.29. The van der Waals surface area contributed by atoms with E-state index in [1.165, 1.54) is 0 Å². The molecule has 3 atom stereocenters. The van der Waals surface area contributed by atoms with Crippen molar-refractivity contribution in [3.63, 3.8) is 0 Å². The lowest BCUT2D eigenvalue weighted by Crippen LogP contribution is -2.50. The number of nitrogens with two attached hydrogens (primary N) is 1. The summed E-state index contributed by atoms with van der Waals surface area (Å²) in [6.07, 6.45) is 6.05. The average Bonchev–Trinajstić information content (AvgIpc) is 2.28. The Balaban J connectivity index is 2.31. The van der Waals surface area contributed by atoms with Crippen LogP contribution in [0.2, 0.25) is 0 Å². The second-order valence-electron chi connectivity index (χ2n) is 4.35. The van der Waals surface area contributed by atoms with Crippen molar-refractivity contribution in [1.82, 2.24) is 5.32 Å². The van der Waals surface area contributed by atoms with Crippen LogP contribution < -0.4 is 11.1 Å². The van der Waals surface area contributed by atoms with Gasteiger partial charge in [-0.2, -0.15) is 11.8 Å². The van der Waals surface area contributed by atoms with Crippen molar-refractivity contribution < 1.29 is 9.90 Å². The zero-order valence-electron chi connectivity index (χ0n) is 9.82. The number of aliphatic hydroxyl groups excluding tert-OH is 1. The highest BCUT2D eigenvalue weighted by Gasteiger charge is 2.26. The number of aliphatic hydroxyl groups is 1. The van der Waals surface area contributed by atoms with Crippen LogP contribution in [-0.2, 0) is 4.79 Å². The SMILES string of the molecule is CSCC[C@H](N)C(=O)NC1CCCCC1O. The number of amides is 1. The van der Waals surface area contributed by atoms with Gasteiger partial charge in [-0.05, 0) is 31.3 Å². The van der Waals surface area contributed by atoms with Gasteiger partial charge in [0.2, 0.25) is 5.91 Å². The molecular weight excluding hydrogens is 224 g/mol. The van der Waals surface area contributed by atoms with Crippen LogP contribution in [0.15, 0.2) is 0 Å².